The van der Waals surface area contributed by atoms with E-state index < -0.39 is 36.4 Å². The summed E-state index contributed by atoms with van der Waals surface area (Å²) < 4.78 is 30.1. The van der Waals surface area contributed by atoms with E-state index in [1.807, 2.05) is 0 Å². The molecule has 0 spiro atoms. The molecule has 11 nitrogen and oxygen atoms in total. The van der Waals surface area contributed by atoms with Crippen LogP contribution in [0.15, 0.2) is 48.5 Å². The fourth-order valence-electron chi connectivity index (χ4n) is 2.83. The summed E-state index contributed by atoms with van der Waals surface area (Å²) in [6.45, 7) is 4.78. The maximum atomic E-state index is 12.4. The Balaban J connectivity index is 1.98. The molecule has 0 heterocycles. The van der Waals surface area contributed by atoms with E-state index in [9.17, 15) is 19.2 Å². The lowest BCUT2D eigenvalue weighted by molar-refractivity contribution is -0.151. The van der Waals surface area contributed by atoms with E-state index in [2.05, 4.69) is 0 Å². The van der Waals surface area contributed by atoms with Gasteiger partial charge in [-0.25, -0.2) is 14.4 Å². The van der Waals surface area contributed by atoms with Gasteiger partial charge < -0.3 is 34.2 Å². The van der Waals surface area contributed by atoms with Gasteiger partial charge in [-0.3, -0.25) is 4.79 Å². The number of esters is 2. The van der Waals surface area contributed by atoms with E-state index in [1.165, 1.54) is 18.2 Å². The zero-order chi connectivity index (χ0) is 26.5. The minimum atomic E-state index is -1.08. The predicted molar refractivity (Wildman–Crippen MR) is 126 cm³/mol. The Morgan fingerprint density at radius 2 is 1.44 bits per heavy atom. The van der Waals surface area contributed by atoms with Crippen LogP contribution in [0.4, 0.5) is 9.59 Å². The zero-order valence-electron chi connectivity index (χ0n) is 20.3. The standard InChI is InChI=1S/C25H29NO10/c1-4-31-24(29)35-20-12-11-17(14-21(20)36-25(30)32-5-2)13-19(26)23(28)34-16(3)15-33-22(27)18-9-7-6-8-10-18/h6-12,14,16,19H,4-5,13,15,26H2,1-3H3/t16-,19-/m0/s1. The molecule has 0 saturated heterocycles. The van der Waals surface area contributed by atoms with Crippen molar-refractivity contribution in [1.29, 1.82) is 0 Å². The third-order valence-corrected chi connectivity index (χ3v) is 4.45. The molecule has 0 fully saturated rings. The molecule has 0 unspecified atom stereocenters. The number of rotatable bonds is 11. The molecule has 0 bridgehead atoms. The highest BCUT2D eigenvalue weighted by molar-refractivity contribution is 5.89. The number of carbonyl (C=O) groups excluding carboxylic acids is 4. The summed E-state index contributed by atoms with van der Waals surface area (Å²) in [5.41, 5.74) is 6.84. The van der Waals surface area contributed by atoms with Crippen molar-refractivity contribution in [2.45, 2.75) is 39.3 Å². The molecule has 2 aromatic rings. The first-order chi connectivity index (χ1) is 17.2. The second kappa shape index (κ2) is 14.3. The Kier molecular flexibility index (Phi) is 11.2. The summed E-state index contributed by atoms with van der Waals surface area (Å²) in [6, 6.07) is 11.6. The van der Waals surface area contributed by atoms with Gasteiger partial charge in [0.25, 0.3) is 0 Å². The number of benzene rings is 2. The van der Waals surface area contributed by atoms with Gasteiger partial charge in [-0.2, -0.15) is 0 Å². The van der Waals surface area contributed by atoms with Crippen molar-refractivity contribution in [3.63, 3.8) is 0 Å². The summed E-state index contributed by atoms with van der Waals surface area (Å²) in [7, 11) is 0. The second-order valence-corrected chi connectivity index (χ2v) is 7.37. The number of hydrogen-bond donors (Lipinski definition) is 1. The first-order valence-electron chi connectivity index (χ1n) is 11.2. The highest BCUT2D eigenvalue weighted by Gasteiger charge is 2.22. The van der Waals surface area contributed by atoms with Crippen molar-refractivity contribution < 1.29 is 47.6 Å². The number of hydrogen-bond acceptors (Lipinski definition) is 11. The van der Waals surface area contributed by atoms with E-state index in [0.717, 1.165) is 0 Å². The average Bonchev–Trinajstić information content (AvgIpc) is 2.85. The summed E-state index contributed by atoms with van der Waals surface area (Å²) in [4.78, 5) is 47.9. The lowest BCUT2D eigenvalue weighted by Crippen LogP contribution is -2.37. The van der Waals surface area contributed by atoms with E-state index in [4.69, 9.17) is 34.2 Å². The smallest absolute Gasteiger partial charge is 0.458 e. The van der Waals surface area contributed by atoms with Crippen molar-refractivity contribution in [3.8, 4) is 11.5 Å². The highest BCUT2D eigenvalue weighted by Crippen LogP contribution is 2.30. The van der Waals surface area contributed by atoms with Crippen LogP contribution in [0.2, 0.25) is 0 Å². The third kappa shape index (κ3) is 9.26. The Labute approximate surface area is 208 Å². The fraction of sp³-hybridized carbons (Fsp3) is 0.360. The van der Waals surface area contributed by atoms with Crippen LogP contribution in [0.1, 0.15) is 36.7 Å². The summed E-state index contributed by atoms with van der Waals surface area (Å²) in [5, 5.41) is 0. The van der Waals surface area contributed by atoms with Gasteiger partial charge in [0.2, 0.25) is 0 Å². The van der Waals surface area contributed by atoms with Crippen molar-refractivity contribution >= 4 is 24.2 Å². The summed E-state index contributed by atoms with van der Waals surface area (Å²) in [5.74, 6) is -1.48. The highest BCUT2D eigenvalue weighted by atomic mass is 16.7. The number of ether oxygens (including phenoxy) is 6. The zero-order valence-corrected chi connectivity index (χ0v) is 20.3. The lowest BCUT2D eigenvalue weighted by atomic mass is 10.1. The molecule has 2 rings (SSSR count). The Morgan fingerprint density at radius 1 is 0.833 bits per heavy atom. The van der Waals surface area contributed by atoms with Crippen LogP contribution in [-0.2, 0) is 30.2 Å². The molecule has 0 aliphatic rings. The van der Waals surface area contributed by atoms with Crippen LogP contribution in [0.3, 0.4) is 0 Å². The van der Waals surface area contributed by atoms with Crippen LogP contribution in [0, 0.1) is 0 Å². The monoisotopic (exact) mass is 503 g/mol. The SMILES string of the molecule is CCOC(=O)Oc1ccc(C[C@H](N)C(=O)O[C@@H](C)COC(=O)c2ccccc2)cc1OC(=O)OCC. The molecule has 2 aromatic carbocycles. The maximum absolute atomic E-state index is 12.4. The van der Waals surface area contributed by atoms with E-state index in [-0.39, 0.29) is 37.7 Å². The fourth-order valence-corrected chi connectivity index (χ4v) is 2.83. The van der Waals surface area contributed by atoms with Gasteiger partial charge >= 0.3 is 24.2 Å². The van der Waals surface area contributed by atoms with Gasteiger partial charge in [0.05, 0.1) is 18.8 Å². The molecule has 0 aliphatic carbocycles. The van der Waals surface area contributed by atoms with E-state index in [1.54, 1.807) is 51.1 Å². The van der Waals surface area contributed by atoms with Crippen LogP contribution in [0.25, 0.3) is 0 Å². The minimum absolute atomic E-state index is 0.00816. The van der Waals surface area contributed by atoms with Gasteiger partial charge in [-0.1, -0.05) is 24.3 Å². The summed E-state index contributed by atoms with van der Waals surface area (Å²) in [6.07, 6.45) is -2.72. The molecule has 11 heteroatoms. The van der Waals surface area contributed by atoms with E-state index >= 15 is 0 Å². The lowest BCUT2D eigenvalue weighted by Gasteiger charge is -2.17. The van der Waals surface area contributed by atoms with Gasteiger partial charge in [0.1, 0.15) is 18.8 Å². The molecule has 194 valence electrons. The maximum Gasteiger partial charge on any atom is 0.513 e. The molecule has 0 radical (unpaired) electrons. The van der Waals surface area contributed by atoms with E-state index in [0.29, 0.717) is 11.1 Å². The van der Waals surface area contributed by atoms with Gasteiger partial charge in [-0.15, -0.1) is 0 Å². The Hall–Kier alpha value is -4.12. The minimum Gasteiger partial charge on any atom is -0.458 e. The van der Waals surface area contributed by atoms with Crippen LogP contribution < -0.4 is 15.2 Å². The summed E-state index contributed by atoms with van der Waals surface area (Å²) >= 11 is 0. The van der Waals surface area contributed by atoms with Crippen molar-refractivity contribution in [2.75, 3.05) is 19.8 Å². The quantitative estimate of drug-likeness (QED) is 0.273. The second-order valence-electron chi connectivity index (χ2n) is 7.37. The van der Waals surface area contributed by atoms with Gasteiger partial charge in [0.15, 0.2) is 11.5 Å². The van der Waals surface area contributed by atoms with Crippen molar-refractivity contribution in [3.05, 3.63) is 59.7 Å². The first-order valence-corrected chi connectivity index (χ1v) is 11.2. The van der Waals surface area contributed by atoms with Crippen molar-refractivity contribution in [1.82, 2.24) is 0 Å². The molecule has 2 atom stereocenters. The topological polar surface area (TPSA) is 150 Å². The molecule has 2 N–H and O–H groups in total. The third-order valence-electron chi connectivity index (χ3n) is 4.45. The Morgan fingerprint density at radius 3 is 2.06 bits per heavy atom. The predicted octanol–water partition coefficient (Wildman–Crippen LogP) is 3.42. The van der Waals surface area contributed by atoms with Gasteiger partial charge in [-0.05, 0) is 57.0 Å². The largest absolute Gasteiger partial charge is 0.513 e. The van der Waals surface area contributed by atoms with Crippen LogP contribution in [-0.4, -0.2) is 56.2 Å². The van der Waals surface area contributed by atoms with Crippen LogP contribution >= 0.6 is 0 Å². The molecule has 0 aliphatic heterocycles. The Bertz CT molecular complexity index is 1040. The van der Waals surface area contributed by atoms with Crippen molar-refractivity contribution in [2.24, 2.45) is 5.73 Å². The normalized spacial score (nSPS) is 12.0. The molecule has 0 aromatic heterocycles. The number of carbonyl (C=O) groups is 4. The molecular formula is C25H29NO10. The molecular weight excluding hydrogens is 474 g/mol. The molecule has 36 heavy (non-hydrogen) atoms. The average molecular weight is 504 g/mol. The first kappa shape index (κ1) is 28.1. The van der Waals surface area contributed by atoms with Crippen LogP contribution in [0.5, 0.6) is 11.5 Å². The number of nitrogens with two attached hydrogens (primary N) is 1. The van der Waals surface area contributed by atoms with Gasteiger partial charge in [0, 0.05) is 0 Å². The molecule has 0 amide bonds. The molecule has 0 saturated carbocycles.